The number of rotatable bonds is 5. The first-order valence-corrected chi connectivity index (χ1v) is 10.3. The van der Waals surface area contributed by atoms with Gasteiger partial charge < -0.3 is 21.3 Å². The maximum absolute atomic E-state index is 12.7. The molecule has 0 saturated carbocycles. The molecule has 0 aromatic heterocycles. The van der Waals surface area contributed by atoms with Crippen molar-refractivity contribution in [1.82, 2.24) is 10.6 Å². The maximum Gasteiger partial charge on any atom is 0.416 e. The fourth-order valence-electron chi connectivity index (χ4n) is 2.36. The zero-order valence-corrected chi connectivity index (χ0v) is 19.3. The van der Waals surface area contributed by atoms with Crippen LogP contribution in [0.2, 0.25) is 0 Å². The minimum absolute atomic E-state index is 0.0127. The summed E-state index contributed by atoms with van der Waals surface area (Å²) in [6, 6.07) is 10.1. The van der Waals surface area contributed by atoms with Gasteiger partial charge in [0.05, 0.1) is 5.56 Å². The van der Waals surface area contributed by atoms with Crippen molar-refractivity contribution in [3.05, 3.63) is 59.7 Å². The van der Waals surface area contributed by atoms with E-state index < -0.39 is 27.6 Å². The smallest absolute Gasteiger partial charge is 0.339 e. The van der Waals surface area contributed by atoms with Gasteiger partial charge in [-0.1, -0.05) is 34.8 Å². The molecule has 0 saturated heterocycles. The van der Waals surface area contributed by atoms with E-state index in [4.69, 9.17) is 47.0 Å². The number of carbonyl (C=O) groups is 2. The van der Waals surface area contributed by atoms with Gasteiger partial charge in [0, 0.05) is 23.9 Å². The monoisotopic (exact) mass is 526 g/mol. The van der Waals surface area contributed by atoms with Gasteiger partial charge in [0.1, 0.15) is 6.17 Å². The van der Waals surface area contributed by atoms with Crippen molar-refractivity contribution < 1.29 is 22.8 Å². The van der Waals surface area contributed by atoms with Crippen LogP contribution in [0.1, 0.15) is 22.8 Å². The normalized spacial score (nSPS) is 12.5. The SMILES string of the molecule is CC(=O)Nc1ccc(NC(=S)NC(NC(=O)c2ccc(C(F)(F)F)cc2)C(Cl)(Cl)Cl)cc1. The molecule has 0 aliphatic heterocycles. The molecule has 0 radical (unpaired) electrons. The lowest BCUT2D eigenvalue weighted by molar-refractivity contribution is -0.137. The van der Waals surface area contributed by atoms with E-state index >= 15 is 0 Å². The van der Waals surface area contributed by atoms with Gasteiger partial charge in [-0.05, 0) is 60.7 Å². The van der Waals surface area contributed by atoms with Crippen LogP contribution in [0.3, 0.4) is 0 Å². The molecular formula is C19H16Cl3F3N4O2S. The Hall–Kier alpha value is -2.27. The number of nitrogens with one attached hydrogen (secondary N) is 4. The van der Waals surface area contributed by atoms with Crippen LogP contribution >= 0.6 is 47.0 Å². The summed E-state index contributed by atoms with van der Waals surface area (Å²) in [5.41, 5.74) is 0.130. The van der Waals surface area contributed by atoms with E-state index in [1.54, 1.807) is 24.3 Å². The first-order chi connectivity index (χ1) is 14.8. The lowest BCUT2D eigenvalue weighted by atomic mass is 10.1. The predicted octanol–water partition coefficient (Wildman–Crippen LogP) is 5.08. The Morgan fingerprint density at radius 2 is 1.38 bits per heavy atom. The lowest BCUT2D eigenvalue weighted by Gasteiger charge is -2.28. The summed E-state index contributed by atoms with van der Waals surface area (Å²) in [5, 5.41) is 10.4. The number of anilines is 2. The molecule has 4 N–H and O–H groups in total. The second-order valence-electron chi connectivity index (χ2n) is 6.38. The minimum Gasteiger partial charge on any atom is -0.339 e. The van der Waals surface area contributed by atoms with Crippen LogP contribution in [0, 0.1) is 0 Å². The van der Waals surface area contributed by atoms with Crippen molar-refractivity contribution >= 4 is 75.3 Å². The van der Waals surface area contributed by atoms with Gasteiger partial charge in [0.25, 0.3) is 5.91 Å². The summed E-state index contributed by atoms with van der Waals surface area (Å²) in [7, 11) is 0. The number of amides is 2. The molecule has 1 atom stereocenters. The number of benzene rings is 2. The first kappa shape index (κ1) is 26.0. The van der Waals surface area contributed by atoms with Crippen molar-refractivity contribution in [2.75, 3.05) is 10.6 Å². The molecule has 0 fully saturated rings. The number of carbonyl (C=O) groups excluding carboxylic acids is 2. The molecule has 2 aromatic rings. The highest BCUT2D eigenvalue weighted by Crippen LogP contribution is 2.30. The molecule has 2 rings (SSSR count). The molecule has 32 heavy (non-hydrogen) atoms. The van der Waals surface area contributed by atoms with E-state index in [9.17, 15) is 22.8 Å². The van der Waals surface area contributed by atoms with Crippen LogP contribution < -0.4 is 21.3 Å². The fraction of sp³-hybridized carbons (Fsp3) is 0.211. The number of thiocarbonyl (C=S) groups is 1. The molecule has 1 unspecified atom stereocenters. The van der Waals surface area contributed by atoms with Gasteiger partial charge in [-0.15, -0.1) is 0 Å². The summed E-state index contributed by atoms with van der Waals surface area (Å²) < 4.78 is 36.0. The van der Waals surface area contributed by atoms with E-state index in [1.807, 2.05) is 0 Å². The predicted molar refractivity (Wildman–Crippen MR) is 123 cm³/mol. The summed E-state index contributed by atoms with van der Waals surface area (Å²) >= 11 is 22.9. The van der Waals surface area contributed by atoms with Crippen LogP contribution in [-0.2, 0) is 11.0 Å². The molecule has 0 heterocycles. The quantitative estimate of drug-likeness (QED) is 0.248. The van der Waals surface area contributed by atoms with E-state index in [0.717, 1.165) is 24.3 Å². The van der Waals surface area contributed by atoms with Gasteiger partial charge >= 0.3 is 6.18 Å². The molecule has 6 nitrogen and oxygen atoms in total. The zero-order valence-electron chi connectivity index (χ0n) is 16.2. The van der Waals surface area contributed by atoms with E-state index in [1.165, 1.54) is 6.92 Å². The van der Waals surface area contributed by atoms with Crippen LogP contribution in [0.5, 0.6) is 0 Å². The largest absolute Gasteiger partial charge is 0.416 e. The number of hydrogen-bond acceptors (Lipinski definition) is 3. The van der Waals surface area contributed by atoms with Crippen LogP contribution in [-0.4, -0.2) is 26.9 Å². The topological polar surface area (TPSA) is 82.3 Å². The highest BCUT2D eigenvalue weighted by molar-refractivity contribution is 7.80. The second kappa shape index (κ2) is 10.6. The minimum atomic E-state index is -4.53. The maximum atomic E-state index is 12.7. The van der Waals surface area contributed by atoms with Crippen molar-refractivity contribution in [3.63, 3.8) is 0 Å². The molecule has 0 aliphatic rings. The molecule has 0 spiro atoms. The van der Waals surface area contributed by atoms with Gasteiger partial charge in [0.2, 0.25) is 9.70 Å². The lowest BCUT2D eigenvalue weighted by Crippen LogP contribution is -2.56. The third kappa shape index (κ3) is 8.01. The molecule has 0 bridgehead atoms. The number of alkyl halides is 6. The van der Waals surface area contributed by atoms with Gasteiger partial charge in [-0.2, -0.15) is 13.2 Å². The Bertz CT molecular complexity index is 981. The molecule has 2 aromatic carbocycles. The second-order valence-corrected chi connectivity index (χ2v) is 9.16. The van der Waals surface area contributed by atoms with Crippen molar-refractivity contribution in [2.45, 2.75) is 23.1 Å². The Labute approximate surface area is 201 Å². The van der Waals surface area contributed by atoms with E-state index in [-0.39, 0.29) is 16.6 Å². The average molecular weight is 528 g/mol. The van der Waals surface area contributed by atoms with Gasteiger partial charge in [-0.3, -0.25) is 9.59 Å². The van der Waals surface area contributed by atoms with Gasteiger partial charge in [0.15, 0.2) is 5.11 Å². The summed E-state index contributed by atoms with van der Waals surface area (Å²) in [6.07, 6.45) is -5.85. The average Bonchev–Trinajstić information content (AvgIpc) is 2.67. The molecular weight excluding hydrogens is 512 g/mol. The number of hydrogen-bond donors (Lipinski definition) is 4. The number of halogens is 6. The molecule has 2 amide bonds. The molecule has 0 aliphatic carbocycles. The fourth-order valence-corrected chi connectivity index (χ4v) is 2.93. The summed E-state index contributed by atoms with van der Waals surface area (Å²) in [4.78, 5) is 23.5. The first-order valence-electron chi connectivity index (χ1n) is 8.76. The molecule has 13 heteroatoms. The van der Waals surface area contributed by atoms with Crippen molar-refractivity contribution in [2.24, 2.45) is 0 Å². The Morgan fingerprint density at radius 3 is 1.81 bits per heavy atom. The highest BCUT2D eigenvalue weighted by Gasteiger charge is 2.35. The highest BCUT2D eigenvalue weighted by atomic mass is 35.6. The van der Waals surface area contributed by atoms with E-state index in [2.05, 4.69) is 21.3 Å². The standard InChI is InChI=1S/C19H16Cl3F3N4O2S/c1-10(30)26-13-6-8-14(9-7-13)27-17(32)29-16(18(20,21)22)28-15(31)11-2-4-12(5-3-11)19(23,24)25/h2-9,16H,1H3,(H,26,30)(H,28,31)(H2,27,29,32). The van der Waals surface area contributed by atoms with Crippen LogP contribution in [0.25, 0.3) is 0 Å². The van der Waals surface area contributed by atoms with Crippen LogP contribution in [0.4, 0.5) is 24.5 Å². The van der Waals surface area contributed by atoms with E-state index in [0.29, 0.717) is 11.4 Å². The van der Waals surface area contributed by atoms with Crippen molar-refractivity contribution in [3.8, 4) is 0 Å². The van der Waals surface area contributed by atoms with Gasteiger partial charge in [-0.25, -0.2) is 0 Å². The Balaban J connectivity index is 2.04. The third-order valence-electron chi connectivity index (χ3n) is 3.82. The third-order valence-corrected chi connectivity index (χ3v) is 4.69. The Morgan fingerprint density at radius 1 is 0.875 bits per heavy atom. The van der Waals surface area contributed by atoms with Crippen LogP contribution in [0.15, 0.2) is 48.5 Å². The molecule has 172 valence electrons. The Kier molecular flexibility index (Phi) is 8.58. The zero-order chi connectivity index (χ0) is 24.1. The summed E-state index contributed by atoms with van der Waals surface area (Å²) in [5.74, 6) is -1.01. The summed E-state index contributed by atoms with van der Waals surface area (Å²) in [6.45, 7) is 1.38. The van der Waals surface area contributed by atoms with Crippen molar-refractivity contribution in [1.29, 1.82) is 0 Å².